The lowest BCUT2D eigenvalue weighted by atomic mass is 9.91. The molecule has 0 unspecified atom stereocenters. The third-order valence-electron chi connectivity index (χ3n) is 3.00. The van der Waals surface area contributed by atoms with Crippen molar-refractivity contribution in [1.82, 2.24) is 4.72 Å². The molecule has 1 rings (SSSR count). The second-order valence-corrected chi connectivity index (χ2v) is 8.31. The van der Waals surface area contributed by atoms with E-state index in [9.17, 15) is 8.60 Å². The van der Waals surface area contributed by atoms with Gasteiger partial charge in [-0.3, -0.25) is 0 Å². The van der Waals surface area contributed by atoms with Crippen LogP contribution in [0.25, 0.3) is 0 Å². The van der Waals surface area contributed by atoms with E-state index >= 15 is 0 Å². The molecule has 1 aromatic carbocycles. The zero-order valence-electron chi connectivity index (χ0n) is 12.7. The van der Waals surface area contributed by atoms with Crippen LogP contribution < -0.4 is 4.72 Å². The molecule has 0 saturated heterocycles. The maximum atomic E-state index is 13.0. The zero-order valence-corrected chi connectivity index (χ0v) is 13.5. The first kappa shape index (κ1) is 17.1. The summed E-state index contributed by atoms with van der Waals surface area (Å²) < 4.78 is 28.1. The zero-order chi connectivity index (χ0) is 15.4. The molecule has 2 nitrogen and oxygen atoms in total. The van der Waals surface area contributed by atoms with Gasteiger partial charge in [0.2, 0.25) is 0 Å². The van der Waals surface area contributed by atoms with E-state index < -0.39 is 11.0 Å². The van der Waals surface area contributed by atoms with Gasteiger partial charge in [0.25, 0.3) is 0 Å². The van der Waals surface area contributed by atoms with Gasteiger partial charge in [-0.25, -0.2) is 13.3 Å². The van der Waals surface area contributed by atoms with Gasteiger partial charge in [-0.15, -0.1) is 6.58 Å². The number of nitrogens with one attached hydrogen (secondary N) is 1. The summed E-state index contributed by atoms with van der Waals surface area (Å²) >= 11 is 0. The Balaban J connectivity index is 2.88. The fourth-order valence-electron chi connectivity index (χ4n) is 1.90. The lowest BCUT2D eigenvalue weighted by molar-refractivity contribution is 0.424. The molecular formula is C16H24FNOS. The standard InChI is InChI=1S/C16H24FNOS/c1-6-11-16(5,18-20(19)15(2,3)4)12-13-7-9-14(17)10-8-13/h6-10,18H,1,11-12H2,2-5H3/t16-,20+/m1/s1. The van der Waals surface area contributed by atoms with E-state index in [1.807, 2.05) is 33.8 Å². The minimum atomic E-state index is -1.16. The Bertz CT molecular complexity index is 478. The van der Waals surface area contributed by atoms with E-state index in [-0.39, 0.29) is 16.1 Å². The van der Waals surface area contributed by atoms with Gasteiger partial charge in [0.1, 0.15) is 5.82 Å². The average Bonchev–Trinajstić information content (AvgIpc) is 2.31. The normalized spacial score (nSPS) is 16.4. The highest BCUT2D eigenvalue weighted by Crippen LogP contribution is 2.21. The van der Waals surface area contributed by atoms with Gasteiger partial charge in [-0.2, -0.15) is 0 Å². The minimum Gasteiger partial charge on any atom is -0.242 e. The predicted octanol–water partition coefficient (Wildman–Crippen LogP) is 3.75. The van der Waals surface area contributed by atoms with Crippen LogP contribution in [-0.2, 0) is 17.4 Å². The second-order valence-electron chi connectivity index (χ2n) is 6.34. The largest absolute Gasteiger partial charge is 0.242 e. The Morgan fingerprint density at radius 3 is 2.25 bits per heavy atom. The van der Waals surface area contributed by atoms with Crippen LogP contribution >= 0.6 is 0 Å². The van der Waals surface area contributed by atoms with E-state index in [1.54, 1.807) is 12.1 Å². The molecule has 0 aliphatic carbocycles. The molecule has 0 aliphatic rings. The van der Waals surface area contributed by atoms with E-state index in [1.165, 1.54) is 12.1 Å². The first-order valence-corrected chi connectivity index (χ1v) is 7.86. The van der Waals surface area contributed by atoms with Crippen molar-refractivity contribution in [3.05, 3.63) is 48.3 Å². The highest BCUT2D eigenvalue weighted by Gasteiger charge is 2.30. The van der Waals surface area contributed by atoms with Crippen LogP contribution in [0, 0.1) is 5.82 Å². The molecule has 2 atom stereocenters. The van der Waals surface area contributed by atoms with Gasteiger partial charge in [-0.1, -0.05) is 18.2 Å². The summed E-state index contributed by atoms with van der Waals surface area (Å²) in [5.41, 5.74) is 0.645. The molecule has 1 aromatic rings. The topological polar surface area (TPSA) is 29.1 Å². The van der Waals surface area contributed by atoms with Crippen molar-refractivity contribution < 1.29 is 8.60 Å². The third kappa shape index (κ3) is 5.17. The molecule has 0 heterocycles. The quantitative estimate of drug-likeness (QED) is 0.796. The summed E-state index contributed by atoms with van der Waals surface area (Å²) in [5.74, 6) is -0.245. The van der Waals surface area contributed by atoms with Crippen LogP contribution in [0.2, 0.25) is 0 Å². The molecule has 0 fully saturated rings. The van der Waals surface area contributed by atoms with Crippen molar-refractivity contribution in [3.63, 3.8) is 0 Å². The summed E-state index contributed by atoms with van der Waals surface area (Å²) in [6.45, 7) is 11.6. The summed E-state index contributed by atoms with van der Waals surface area (Å²) in [5, 5.41) is 0. The van der Waals surface area contributed by atoms with Crippen LogP contribution in [-0.4, -0.2) is 14.5 Å². The number of benzene rings is 1. The molecule has 20 heavy (non-hydrogen) atoms. The van der Waals surface area contributed by atoms with Crippen molar-refractivity contribution >= 4 is 11.0 Å². The third-order valence-corrected chi connectivity index (χ3v) is 4.79. The minimum absolute atomic E-state index is 0.245. The van der Waals surface area contributed by atoms with Crippen molar-refractivity contribution in [2.24, 2.45) is 0 Å². The Hall–Kier alpha value is -1.00. The van der Waals surface area contributed by atoms with Crippen LogP contribution in [0.15, 0.2) is 36.9 Å². The van der Waals surface area contributed by atoms with Gasteiger partial charge in [0, 0.05) is 5.54 Å². The fourth-order valence-corrected chi connectivity index (χ4v) is 2.81. The first-order chi connectivity index (χ1) is 9.16. The van der Waals surface area contributed by atoms with Gasteiger partial charge >= 0.3 is 0 Å². The van der Waals surface area contributed by atoms with Crippen molar-refractivity contribution in [2.75, 3.05) is 0 Å². The Morgan fingerprint density at radius 2 is 1.80 bits per heavy atom. The number of hydrogen-bond acceptors (Lipinski definition) is 1. The van der Waals surface area contributed by atoms with Crippen molar-refractivity contribution in [2.45, 2.75) is 50.8 Å². The van der Waals surface area contributed by atoms with E-state index in [2.05, 4.69) is 11.3 Å². The number of halogens is 1. The molecule has 0 spiro atoms. The smallest absolute Gasteiger partial charge is 0.123 e. The van der Waals surface area contributed by atoms with Gasteiger partial charge in [0.15, 0.2) is 0 Å². The van der Waals surface area contributed by atoms with Crippen LogP contribution in [0.1, 0.15) is 39.7 Å². The Kier molecular flexibility index (Phi) is 5.66. The summed E-state index contributed by atoms with van der Waals surface area (Å²) in [7, 11) is -1.16. The molecule has 4 heteroatoms. The monoisotopic (exact) mass is 297 g/mol. The van der Waals surface area contributed by atoms with Crippen LogP contribution in [0.5, 0.6) is 0 Å². The maximum absolute atomic E-state index is 13.0. The molecule has 0 amide bonds. The van der Waals surface area contributed by atoms with Gasteiger partial charge in [-0.05, 0) is 58.2 Å². The summed E-state index contributed by atoms with van der Waals surface area (Å²) in [4.78, 5) is 0. The summed E-state index contributed by atoms with van der Waals surface area (Å²) in [6, 6.07) is 6.42. The average molecular weight is 297 g/mol. The lowest BCUT2D eigenvalue weighted by Gasteiger charge is -2.32. The molecular weight excluding hydrogens is 273 g/mol. The van der Waals surface area contributed by atoms with Crippen molar-refractivity contribution in [3.8, 4) is 0 Å². The maximum Gasteiger partial charge on any atom is 0.123 e. The van der Waals surface area contributed by atoms with Gasteiger partial charge in [0.05, 0.1) is 15.7 Å². The SMILES string of the molecule is C=CC[C@](C)(Cc1ccc(F)cc1)N[S@@](=O)C(C)(C)C. The van der Waals surface area contributed by atoms with E-state index in [0.29, 0.717) is 12.8 Å². The molecule has 0 saturated carbocycles. The lowest BCUT2D eigenvalue weighted by Crippen LogP contribution is -2.49. The Morgan fingerprint density at radius 1 is 1.25 bits per heavy atom. The van der Waals surface area contributed by atoms with Crippen molar-refractivity contribution in [1.29, 1.82) is 0 Å². The molecule has 112 valence electrons. The van der Waals surface area contributed by atoms with Crippen LogP contribution in [0.4, 0.5) is 4.39 Å². The van der Waals surface area contributed by atoms with Gasteiger partial charge < -0.3 is 0 Å². The molecule has 0 bridgehead atoms. The molecule has 0 radical (unpaired) electrons. The molecule has 1 N–H and O–H groups in total. The highest BCUT2D eigenvalue weighted by atomic mass is 32.2. The molecule has 0 aromatic heterocycles. The second kappa shape index (κ2) is 6.64. The summed E-state index contributed by atoms with van der Waals surface area (Å²) in [6.07, 6.45) is 3.17. The van der Waals surface area contributed by atoms with E-state index in [4.69, 9.17) is 0 Å². The first-order valence-electron chi connectivity index (χ1n) is 6.71. The van der Waals surface area contributed by atoms with Crippen LogP contribution in [0.3, 0.4) is 0 Å². The fraction of sp³-hybridized carbons (Fsp3) is 0.500. The van der Waals surface area contributed by atoms with E-state index in [0.717, 1.165) is 5.56 Å². The molecule has 0 aliphatic heterocycles. The number of hydrogen-bond donors (Lipinski definition) is 1. The predicted molar refractivity (Wildman–Crippen MR) is 84.4 cm³/mol. The Labute approximate surface area is 124 Å². The highest BCUT2D eigenvalue weighted by molar-refractivity contribution is 7.84. The number of rotatable bonds is 6.